The number of aromatic nitrogens is 3. The second-order valence-corrected chi connectivity index (χ2v) is 6.30. The smallest absolute Gasteiger partial charge is 0.234 e. The third-order valence-corrected chi connectivity index (χ3v) is 4.36. The van der Waals surface area contributed by atoms with E-state index in [1.54, 1.807) is 18.2 Å². The molecule has 0 radical (unpaired) electrons. The first-order valence-electron chi connectivity index (χ1n) is 7.49. The van der Waals surface area contributed by atoms with E-state index in [2.05, 4.69) is 15.5 Å². The Kier molecular flexibility index (Phi) is 4.99. The van der Waals surface area contributed by atoms with Crippen LogP contribution >= 0.6 is 11.8 Å². The summed E-state index contributed by atoms with van der Waals surface area (Å²) in [7, 11) is 0. The van der Waals surface area contributed by atoms with Gasteiger partial charge in [-0.25, -0.2) is 9.07 Å². The van der Waals surface area contributed by atoms with Crippen molar-refractivity contribution in [2.75, 3.05) is 16.9 Å². The Balaban J connectivity index is 1.66. The molecule has 0 atom stereocenters. The third kappa shape index (κ3) is 3.97. The van der Waals surface area contributed by atoms with Crippen molar-refractivity contribution in [1.29, 1.82) is 0 Å². The second kappa shape index (κ2) is 7.35. The molecule has 0 aliphatic carbocycles. The number of halogens is 1. The normalized spacial score (nSPS) is 10.6. The van der Waals surface area contributed by atoms with Gasteiger partial charge in [0, 0.05) is 5.69 Å². The van der Waals surface area contributed by atoms with Crippen molar-refractivity contribution in [3.8, 4) is 11.4 Å². The molecule has 2 aromatic carbocycles. The molecule has 0 saturated carbocycles. The Labute approximate surface area is 148 Å². The van der Waals surface area contributed by atoms with Gasteiger partial charge in [-0.3, -0.25) is 4.79 Å². The maximum absolute atomic E-state index is 13.8. The lowest BCUT2D eigenvalue weighted by Crippen LogP contribution is -2.16. The molecular formula is C17H16FN5OS. The van der Waals surface area contributed by atoms with Gasteiger partial charge in [0.15, 0.2) is 5.82 Å². The summed E-state index contributed by atoms with van der Waals surface area (Å²) in [5, 5.41) is 11.0. The van der Waals surface area contributed by atoms with E-state index >= 15 is 0 Å². The van der Waals surface area contributed by atoms with Gasteiger partial charge >= 0.3 is 0 Å². The maximum atomic E-state index is 13.8. The predicted molar refractivity (Wildman–Crippen MR) is 96.1 cm³/mol. The number of rotatable bonds is 5. The molecule has 3 N–H and O–H groups in total. The summed E-state index contributed by atoms with van der Waals surface area (Å²) in [6.07, 6.45) is 0. The van der Waals surface area contributed by atoms with Crippen molar-refractivity contribution in [2.24, 2.45) is 0 Å². The highest BCUT2D eigenvalue weighted by Crippen LogP contribution is 2.23. The summed E-state index contributed by atoms with van der Waals surface area (Å²) in [5.74, 6) is 5.63. The second-order valence-electron chi connectivity index (χ2n) is 5.36. The molecule has 0 fully saturated rings. The molecule has 6 nitrogen and oxygen atoms in total. The molecule has 128 valence electrons. The van der Waals surface area contributed by atoms with Crippen LogP contribution in [0.5, 0.6) is 0 Å². The van der Waals surface area contributed by atoms with Crippen LogP contribution in [-0.2, 0) is 4.79 Å². The summed E-state index contributed by atoms with van der Waals surface area (Å²) in [4.78, 5) is 12.0. The number of thioether (sulfide) groups is 1. The first-order valence-corrected chi connectivity index (χ1v) is 8.48. The maximum Gasteiger partial charge on any atom is 0.234 e. The van der Waals surface area contributed by atoms with Crippen LogP contribution in [0.15, 0.2) is 53.7 Å². The first kappa shape index (κ1) is 17.0. The molecule has 0 spiro atoms. The number of anilines is 1. The monoisotopic (exact) mass is 357 g/mol. The number of nitrogens with two attached hydrogens (primary N) is 1. The highest BCUT2D eigenvalue weighted by molar-refractivity contribution is 7.99. The molecule has 8 heteroatoms. The van der Waals surface area contributed by atoms with Crippen LogP contribution in [0.2, 0.25) is 0 Å². The first-order chi connectivity index (χ1) is 12.0. The molecule has 3 rings (SSSR count). The number of nitrogens with zero attached hydrogens (tertiary/aromatic N) is 3. The van der Waals surface area contributed by atoms with Crippen LogP contribution in [0.3, 0.4) is 0 Å². The number of hydrogen-bond acceptors (Lipinski definition) is 5. The number of amides is 1. The highest BCUT2D eigenvalue weighted by Gasteiger charge is 2.16. The molecule has 1 aromatic heterocycles. The lowest BCUT2D eigenvalue weighted by atomic mass is 10.2. The predicted octanol–water partition coefficient (Wildman–Crippen LogP) is 2.84. The Hall–Kier alpha value is -2.87. The molecule has 3 aromatic rings. The van der Waals surface area contributed by atoms with Gasteiger partial charge in [0.25, 0.3) is 0 Å². The minimum absolute atomic E-state index is 0.112. The largest absolute Gasteiger partial charge is 0.335 e. The van der Waals surface area contributed by atoms with E-state index in [4.69, 9.17) is 5.84 Å². The van der Waals surface area contributed by atoms with E-state index in [1.165, 1.54) is 10.7 Å². The van der Waals surface area contributed by atoms with Crippen LogP contribution in [0.4, 0.5) is 10.1 Å². The molecular weight excluding hydrogens is 341 g/mol. The summed E-state index contributed by atoms with van der Waals surface area (Å²) in [5.41, 5.74) is 2.04. The summed E-state index contributed by atoms with van der Waals surface area (Å²) in [6, 6.07) is 13.7. The molecule has 0 unspecified atom stereocenters. The quantitative estimate of drug-likeness (QED) is 0.542. The van der Waals surface area contributed by atoms with Crippen molar-refractivity contribution in [2.45, 2.75) is 12.1 Å². The number of nitrogens with one attached hydrogen (secondary N) is 1. The zero-order valence-electron chi connectivity index (χ0n) is 13.4. The van der Waals surface area contributed by atoms with Crippen molar-refractivity contribution < 1.29 is 9.18 Å². The fourth-order valence-electron chi connectivity index (χ4n) is 2.25. The highest BCUT2D eigenvalue weighted by atomic mass is 32.2. The zero-order valence-corrected chi connectivity index (χ0v) is 14.3. The molecule has 25 heavy (non-hydrogen) atoms. The number of aryl methyl sites for hydroxylation is 1. The van der Waals surface area contributed by atoms with Crippen molar-refractivity contribution in [1.82, 2.24) is 14.9 Å². The molecule has 0 aliphatic heterocycles. The van der Waals surface area contributed by atoms with Crippen LogP contribution < -0.4 is 11.2 Å². The zero-order chi connectivity index (χ0) is 17.8. The Bertz CT molecular complexity index is 912. The van der Waals surface area contributed by atoms with Gasteiger partial charge in [-0.2, -0.15) is 0 Å². The number of carbonyl (C=O) groups excluding carboxylic acids is 1. The molecule has 1 amide bonds. The topological polar surface area (TPSA) is 85.8 Å². The van der Waals surface area contributed by atoms with Crippen molar-refractivity contribution in [3.05, 3.63) is 59.9 Å². The van der Waals surface area contributed by atoms with E-state index < -0.39 is 5.82 Å². The molecule has 1 heterocycles. The van der Waals surface area contributed by atoms with Gasteiger partial charge in [0.2, 0.25) is 11.1 Å². The molecule has 0 aliphatic rings. The van der Waals surface area contributed by atoms with Crippen LogP contribution in [0.1, 0.15) is 5.56 Å². The standard InChI is InChI=1S/C17H16FN5OS/c1-11-5-4-6-12(9-11)20-15(24)10-25-17-22-21-16(23(17)19)13-7-2-3-8-14(13)18/h2-9H,10,19H2,1H3,(H,20,24). The van der Waals surface area contributed by atoms with E-state index in [1.807, 2.05) is 31.2 Å². The molecule has 0 bridgehead atoms. The van der Waals surface area contributed by atoms with Gasteiger partial charge < -0.3 is 11.2 Å². The van der Waals surface area contributed by atoms with Gasteiger partial charge in [-0.05, 0) is 36.8 Å². The average molecular weight is 357 g/mol. The fourth-order valence-corrected chi connectivity index (χ4v) is 2.91. The SMILES string of the molecule is Cc1cccc(NC(=O)CSc2nnc(-c3ccccc3F)n2N)c1. The molecule has 0 saturated heterocycles. The number of carbonyl (C=O) groups is 1. The lowest BCUT2D eigenvalue weighted by molar-refractivity contribution is -0.113. The van der Waals surface area contributed by atoms with E-state index in [0.29, 0.717) is 5.16 Å². The Morgan fingerprint density at radius 1 is 1.24 bits per heavy atom. The van der Waals surface area contributed by atoms with Gasteiger partial charge in [0.05, 0.1) is 11.3 Å². The summed E-state index contributed by atoms with van der Waals surface area (Å²) >= 11 is 1.13. The summed E-state index contributed by atoms with van der Waals surface area (Å²) in [6.45, 7) is 1.95. The average Bonchev–Trinajstić information content (AvgIpc) is 2.94. The van der Waals surface area contributed by atoms with E-state index in [9.17, 15) is 9.18 Å². The van der Waals surface area contributed by atoms with E-state index in [0.717, 1.165) is 23.0 Å². The van der Waals surface area contributed by atoms with Crippen molar-refractivity contribution >= 4 is 23.4 Å². The van der Waals surface area contributed by atoms with Gasteiger partial charge in [-0.1, -0.05) is 36.0 Å². The van der Waals surface area contributed by atoms with Gasteiger partial charge in [0.1, 0.15) is 5.82 Å². The van der Waals surface area contributed by atoms with Crippen LogP contribution in [0, 0.1) is 12.7 Å². The third-order valence-electron chi connectivity index (χ3n) is 3.41. The van der Waals surface area contributed by atoms with E-state index in [-0.39, 0.29) is 23.0 Å². The Morgan fingerprint density at radius 2 is 2.04 bits per heavy atom. The Morgan fingerprint density at radius 3 is 2.80 bits per heavy atom. The van der Waals surface area contributed by atoms with Crippen molar-refractivity contribution in [3.63, 3.8) is 0 Å². The fraction of sp³-hybridized carbons (Fsp3) is 0.118. The number of hydrogen-bond donors (Lipinski definition) is 2. The minimum Gasteiger partial charge on any atom is -0.335 e. The summed E-state index contributed by atoms with van der Waals surface area (Å²) < 4.78 is 15.0. The van der Waals surface area contributed by atoms with Crippen LogP contribution in [-0.4, -0.2) is 26.5 Å². The minimum atomic E-state index is -0.435. The van der Waals surface area contributed by atoms with Crippen LogP contribution in [0.25, 0.3) is 11.4 Å². The van der Waals surface area contributed by atoms with Gasteiger partial charge in [-0.15, -0.1) is 10.2 Å². The number of benzene rings is 2. The number of nitrogen functional groups attached to an aromatic ring is 1. The lowest BCUT2D eigenvalue weighted by Gasteiger charge is -2.06.